The second-order valence-corrected chi connectivity index (χ2v) is 4.97. The van der Waals surface area contributed by atoms with Crippen molar-refractivity contribution in [3.05, 3.63) is 64.8 Å². The van der Waals surface area contributed by atoms with E-state index in [9.17, 15) is 0 Å². The molecule has 0 aliphatic heterocycles. The molecule has 4 rings (SSSR count). The lowest BCUT2D eigenvalue weighted by molar-refractivity contribution is -0.0979. The fraction of sp³-hybridized carbons (Fsp3) is 0.0588. The van der Waals surface area contributed by atoms with Gasteiger partial charge in [0.25, 0.3) is 0 Å². The van der Waals surface area contributed by atoms with Crippen molar-refractivity contribution >= 4 is 29.2 Å². The Morgan fingerprint density at radius 2 is 1.60 bits per heavy atom. The van der Waals surface area contributed by atoms with Crippen LogP contribution in [0.2, 0.25) is 5.15 Å². The first kappa shape index (κ1) is 12.8. The van der Waals surface area contributed by atoms with Crippen molar-refractivity contribution in [2.75, 3.05) is 0 Å². The smallest absolute Gasteiger partial charge is 0.137 e. The molecule has 1 aliphatic rings. The van der Waals surface area contributed by atoms with E-state index >= 15 is 0 Å². The minimum absolute atomic E-state index is 0.598. The molecule has 0 saturated carbocycles. The Bertz CT molecular complexity index is 798. The van der Waals surface area contributed by atoms with Crippen molar-refractivity contribution in [1.29, 1.82) is 0 Å². The summed E-state index contributed by atoms with van der Waals surface area (Å²) < 4.78 is 0. The van der Waals surface area contributed by atoms with Crippen LogP contribution in [0.25, 0.3) is 22.0 Å². The summed E-state index contributed by atoms with van der Waals surface area (Å²) in [4.78, 5) is 12.6. The highest BCUT2D eigenvalue weighted by molar-refractivity contribution is 6.34. The summed E-state index contributed by atoms with van der Waals surface area (Å²) in [5.41, 5.74) is 4.91. The first-order chi connectivity index (χ1) is 9.84. The van der Waals surface area contributed by atoms with E-state index in [0.717, 1.165) is 17.5 Å². The Morgan fingerprint density at radius 1 is 0.950 bits per heavy atom. The van der Waals surface area contributed by atoms with Gasteiger partial charge in [0, 0.05) is 17.4 Å². The third-order valence-corrected chi connectivity index (χ3v) is 3.90. The van der Waals surface area contributed by atoms with Crippen LogP contribution in [0.4, 0.5) is 0 Å². The lowest BCUT2D eigenvalue weighted by Gasteiger charge is -2.06. The predicted molar refractivity (Wildman–Crippen MR) is 82.1 cm³/mol. The van der Waals surface area contributed by atoms with Crippen LogP contribution in [0.15, 0.2) is 48.5 Å². The van der Waals surface area contributed by atoms with Crippen molar-refractivity contribution in [2.24, 2.45) is 0 Å². The zero-order valence-electron chi connectivity index (χ0n) is 10.8. The van der Waals surface area contributed by atoms with Crippen LogP contribution >= 0.6 is 11.6 Å². The molecule has 2 aromatic carbocycles. The number of nitrogens with zero attached hydrogens (tertiary/aromatic N) is 1. The topological polar surface area (TPSA) is 30.0 Å². The molecule has 1 aromatic heterocycles. The Hall–Kier alpha value is -2.19. The molecule has 3 heteroatoms. The van der Waals surface area contributed by atoms with Gasteiger partial charge in [-0.1, -0.05) is 60.1 Å². The molecule has 0 unspecified atom stereocenters. The number of pyridine rings is 1. The fourth-order valence-corrected chi connectivity index (χ4v) is 3.03. The SMILES string of the molecule is C=O.Clc1nc2c(c3ccccc13)Cc1ccccc1-2. The van der Waals surface area contributed by atoms with E-state index in [4.69, 9.17) is 16.4 Å². The van der Waals surface area contributed by atoms with E-state index in [1.165, 1.54) is 22.1 Å². The Kier molecular flexibility index (Phi) is 3.25. The standard InChI is InChI=1S/C16H10ClN.CH2O/c17-16-13-8-4-3-7-12(13)14-9-10-5-1-2-6-11(10)15(14)18-16;1-2/h1-8H,9H2;1H2. The summed E-state index contributed by atoms with van der Waals surface area (Å²) >= 11 is 6.30. The first-order valence-corrected chi connectivity index (χ1v) is 6.66. The van der Waals surface area contributed by atoms with Gasteiger partial charge in [-0.25, -0.2) is 4.98 Å². The maximum absolute atomic E-state index is 8.00. The highest BCUT2D eigenvalue weighted by atomic mass is 35.5. The molecule has 2 nitrogen and oxygen atoms in total. The number of carbonyl (C=O) groups excluding carboxylic acids is 1. The van der Waals surface area contributed by atoms with E-state index in [0.29, 0.717) is 5.15 Å². The molecular weight excluding hydrogens is 270 g/mol. The average molecular weight is 282 g/mol. The van der Waals surface area contributed by atoms with Crippen molar-refractivity contribution in [2.45, 2.75) is 6.42 Å². The molecule has 0 radical (unpaired) electrons. The zero-order valence-corrected chi connectivity index (χ0v) is 11.5. The molecule has 0 bridgehead atoms. The summed E-state index contributed by atoms with van der Waals surface area (Å²) in [6.07, 6.45) is 0.955. The average Bonchev–Trinajstić information content (AvgIpc) is 2.89. The van der Waals surface area contributed by atoms with E-state index in [1.807, 2.05) is 18.9 Å². The second kappa shape index (κ2) is 5.06. The molecule has 0 fully saturated rings. The molecule has 3 aromatic rings. The summed E-state index contributed by atoms with van der Waals surface area (Å²) in [7, 11) is 0. The maximum atomic E-state index is 8.00. The summed E-state index contributed by atoms with van der Waals surface area (Å²) in [6.45, 7) is 2.00. The number of halogens is 1. The molecule has 0 atom stereocenters. The maximum Gasteiger partial charge on any atom is 0.137 e. The zero-order chi connectivity index (χ0) is 14.1. The van der Waals surface area contributed by atoms with Crippen molar-refractivity contribution in [1.82, 2.24) is 4.98 Å². The van der Waals surface area contributed by atoms with Crippen molar-refractivity contribution < 1.29 is 4.79 Å². The fourth-order valence-electron chi connectivity index (χ4n) is 2.78. The summed E-state index contributed by atoms with van der Waals surface area (Å²) in [5.74, 6) is 0. The van der Waals surface area contributed by atoms with E-state index < -0.39 is 0 Å². The number of benzene rings is 2. The molecular formula is C17H12ClNO. The lowest BCUT2D eigenvalue weighted by Crippen LogP contribution is -1.89. The number of aromatic nitrogens is 1. The number of fused-ring (bicyclic) bond motifs is 5. The van der Waals surface area contributed by atoms with Crippen LogP contribution in [0.1, 0.15) is 11.1 Å². The Labute approximate surface area is 122 Å². The highest BCUT2D eigenvalue weighted by Gasteiger charge is 2.22. The van der Waals surface area contributed by atoms with Gasteiger partial charge in [0.2, 0.25) is 0 Å². The van der Waals surface area contributed by atoms with Crippen LogP contribution in [-0.4, -0.2) is 11.8 Å². The minimum Gasteiger partial charge on any atom is -0.307 e. The summed E-state index contributed by atoms with van der Waals surface area (Å²) in [5, 5.41) is 2.87. The van der Waals surface area contributed by atoms with Crippen LogP contribution in [-0.2, 0) is 11.2 Å². The van der Waals surface area contributed by atoms with Gasteiger partial charge in [0.1, 0.15) is 11.9 Å². The molecule has 98 valence electrons. The van der Waals surface area contributed by atoms with Crippen molar-refractivity contribution in [3.8, 4) is 11.3 Å². The molecule has 20 heavy (non-hydrogen) atoms. The quantitative estimate of drug-likeness (QED) is 0.450. The van der Waals surface area contributed by atoms with Gasteiger partial charge in [-0.15, -0.1) is 0 Å². The first-order valence-electron chi connectivity index (χ1n) is 6.29. The largest absolute Gasteiger partial charge is 0.307 e. The molecule has 0 saturated heterocycles. The van der Waals surface area contributed by atoms with Crippen LogP contribution < -0.4 is 0 Å². The normalized spacial score (nSPS) is 11.4. The molecule has 0 spiro atoms. The number of hydrogen-bond acceptors (Lipinski definition) is 2. The van der Waals surface area contributed by atoms with E-state index in [-0.39, 0.29) is 0 Å². The minimum atomic E-state index is 0.598. The highest BCUT2D eigenvalue weighted by Crippen LogP contribution is 2.40. The van der Waals surface area contributed by atoms with Crippen molar-refractivity contribution in [3.63, 3.8) is 0 Å². The van der Waals surface area contributed by atoms with Crippen LogP contribution in [0, 0.1) is 0 Å². The second-order valence-electron chi connectivity index (χ2n) is 4.61. The van der Waals surface area contributed by atoms with Gasteiger partial charge in [0.05, 0.1) is 5.69 Å². The van der Waals surface area contributed by atoms with E-state index in [2.05, 4.69) is 41.4 Å². The van der Waals surface area contributed by atoms with Gasteiger partial charge in [-0.2, -0.15) is 0 Å². The van der Waals surface area contributed by atoms with Gasteiger partial charge in [-0.3, -0.25) is 0 Å². The Morgan fingerprint density at radius 3 is 2.40 bits per heavy atom. The van der Waals surface area contributed by atoms with Gasteiger partial charge >= 0.3 is 0 Å². The molecule has 1 aliphatic carbocycles. The summed E-state index contributed by atoms with van der Waals surface area (Å²) in [6, 6.07) is 16.7. The van der Waals surface area contributed by atoms with Crippen LogP contribution in [0.5, 0.6) is 0 Å². The lowest BCUT2D eigenvalue weighted by atomic mass is 10.0. The third kappa shape index (κ3) is 1.81. The number of carbonyl (C=O) groups is 1. The Balaban J connectivity index is 0.000000581. The number of hydrogen-bond donors (Lipinski definition) is 0. The van der Waals surface area contributed by atoms with Gasteiger partial charge in [-0.05, 0) is 16.5 Å². The van der Waals surface area contributed by atoms with Crippen LogP contribution in [0.3, 0.4) is 0 Å². The molecule has 0 amide bonds. The molecule has 0 N–H and O–H groups in total. The van der Waals surface area contributed by atoms with Gasteiger partial charge in [0.15, 0.2) is 0 Å². The molecule has 1 heterocycles. The van der Waals surface area contributed by atoms with Gasteiger partial charge < -0.3 is 4.79 Å². The predicted octanol–water partition coefficient (Wildman–Crippen LogP) is 4.27. The monoisotopic (exact) mass is 281 g/mol. The van der Waals surface area contributed by atoms with E-state index in [1.54, 1.807) is 0 Å². The number of rotatable bonds is 0. The third-order valence-electron chi connectivity index (χ3n) is 3.61.